The fraction of sp³-hybridized carbons (Fsp3) is 0.452. The average Bonchev–Trinajstić information content (AvgIpc) is 3.28. The normalized spacial score (nSPS) is 24.8. The summed E-state index contributed by atoms with van der Waals surface area (Å²) in [4.78, 5) is 23.7. The third-order valence-corrected chi connectivity index (χ3v) is 8.81. The summed E-state index contributed by atoms with van der Waals surface area (Å²) in [5.41, 5.74) is 1.29. The van der Waals surface area contributed by atoms with Gasteiger partial charge >= 0.3 is 0 Å². The second-order valence-corrected chi connectivity index (χ2v) is 11.9. The van der Waals surface area contributed by atoms with Crippen LogP contribution in [0.1, 0.15) is 6.92 Å². The van der Waals surface area contributed by atoms with Gasteiger partial charge in [-0.3, -0.25) is 9.69 Å². The molecule has 2 aliphatic heterocycles. The summed E-state index contributed by atoms with van der Waals surface area (Å²) in [6.45, 7) is 5.60. The molecule has 3 heterocycles. The molecule has 1 saturated carbocycles. The minimum absolute atomic E-state index is 0.0499. The van der Waals surface area contributed by atoms with E-state index in [0.717, 1.165) is 13.2 Å². The van der Waals surface area contributed by atoms with E-state index >= 15 is 4.39 Å². The summed E-state index contributed by atoms with van der Waals surface area (Å²) in [5.74, 6) is -0.137. The van der Waals surface area contributed by atoms with Crippen LogP contribution in [0.5, 0.6) is 5.75 Å². The predicted molar refractivity (Wildman–Crippen MR) is 161 cm³/mol. The second kappa shape index (κ2) is 13.3. The molecule has 3 aliphatic rings. The number of hydrogen-bond donors (Lipinski definition) is 3. The number of benzene rings is 2. The first-order chi connectivity index (χ1) is 21.3. The number of anilines is 3. The number of ether oxygens (including phenoxy) is 3. The molecule has 2 saturated heterocycles. The number of carbonyl (C=O) groups is 1. The number of amides is 1. The number of aromatic nitrogens is 2. The molecule has 1 aromatic heterocycles. The summed E-state index contributed by atoms with van der Waals surface area (Å²) >= 11 is 5.95. The molecule has 6 rings (SSSR count). The summed E-state index contributed by atoms with van der Waals surface area (Å²) in [6, 6.07) is 7.51. The standard InChI is InChI=1S/C31H34ClF2N5O5/c1-17-11-39(12-29(17)43-7-6-40)5-4-25(34)31(41)38-27-9-19-26(10-28(27)44-15-22-20-13-42-14-21(20)22)35-16-36-30(19)37-18-2-3-24(33)23(32)8-18/h2-4,8-10,16-17,20-22,29,40H,5-7,11-15H2,1H3,(H,38,41)(H,35,36,37). The number of halogens is 3. The molecule has 44 heavy (non-hydrogen) atoms. The van der Waals surface area contributed by atoms with E-state index in [1.807, 2.05) is 11.8 Å². The zero-order valence-electron chi connectivity index (χ0n) is 24.1. The van der Waals surface area contributed by atoms with Crippen molar-refractivity contribution in [3.05, 3.63) is 59.4 Å². The zero-order valence-corrected chi connectivity index (χ0v) is 24.9. The minimum Gasteiger partial charge on any atom is -0.491 e. The van der Waals surface area contributed by atoms with Crippen LogP contribution in [-0.2, 0) is 14.3 Å². The zero-order chi connectivity index (χ0) is 30.8. The summed E-state index contributed by atoms with van der Waals surface area (Å²) in [5, 5.41) is 15.3. The number of nitrogens with zero attached hydrogens (tertiary/aromatic N) is 3. The molecule has 2 aromatic carbocycles. The Morgan fingerprint density at radius 1 is 1.23 bits per heavy atom. The topological polar surface area (TPSA) is 118 Å². The monoisotopic (exact) mass is 629 g/mol. The number of nitrogens with one attached hydrogen (secondary N) is 2. The second-order valence-electron chi connectivity index (χ2n) is 11.5. The molecular formula is C31H34ClF2N5O5. The van der Waals surface area contributed by atoms with Crippen LogP contribution in [0.2, 0.25) is 5.02 Å². The number of carbonyl (C=O) groups excluding carboxylic acids is 1. The van der Waals surface area contributed by atoms with Gasteiger partial charge in [0, 0.05) is 42.7 Å². The van der Waals surface area contributed by atoms with E-state index < -0.39 is 17.6 Å². The lowest BCUT2D eigenvalue weighted by atomic mass is 10.1. The molecule has 13 heteroatoms. The van der Waals surface area contributed by atoms with Crippen molar-refractivity contribution in [2.45, 2.75) is 13.0 Å². The van der Waals surface area contributed by atoms with E-state index in [4.69, 9.17) is 30.9 Å². The van der Waals surface area contributed by atoms with Crippen LogP contribution in [0.4, 0.5) is 26.0 Å². The molecule has 10 nitrogen and oxygen atoms in total. The van der Waals surface area contributed by atoms with Gasteiger partial charge in [0.15, 0.2) is 5.83 Å². The van der Waals surface area contributed by atoms with E-state index in [2.05, 4.69) is 20.6 Å². The smallest absolute Gasteiger partial charge is 0.284 e. The Morgan fingerprint density at radius 3 is 2.82 bits per heavy atom. The van der Waals surface area contributed by atoms with Crippen LogP contribution in [0.15, 0.2) is 48.6 Å². The van der Waals surface area contributed by atoms with Gasteiger partial charge in [-0.25, -0.2) is 18.7 Å². The van der Waals surface area contributed by atoms with Gasteiger partial charge in [-0.1, -0.05) is 18.5 Å². The summed E-state index contributed by atoms with van der Waals surface area (Å²) < 4.78 is 46.1. The molecule has 1 aliphatic carbocycles. The highest BCUT2D eigenvalue weighted by Crippen LogP contribution is 2.51. The van der Waals surface area contributed by atoms with Gasteiger partial charge in [0.05, 0.1) is 55.4 Å². The maximum atomic E-state index is 15.1. The highest BCUT2D eigenvalue weighted by Gasteiger charge is 2.54. The Hall–Kier alpha value is -3.42. The molecule has 0 bridgehead atoms. The van der Waals surface area contributed by atoms with Crippen LogP contribution in [0.3, 0.4) is 0 Å². The summed E-state index contributed by atoms with van der Waals surface area (Å²) in [6.07, 6.45) is 2.57. The first kappa shape index (κ1) is 30.6. The van der Waals surface area contributed by atoms with Crippen LogP contribution in [0.25, 0.3) is 10.9 Å². The van der Waals surface area contributed by atoms with Gasteiger partial charge in [0.2, 0.25) is 0 Å². The van der Waals surface area contributed by atoms with Crippen molar-refractivity contribution in [3.63, 3.8) is 0 Å². The van der Waals surface area contributed by atoms with Crippen molar-refractivity contribution in [1.82, 2.24) is 14.9 Å². The van der Waals surface area contributed by atoms with Gasteiger partial charge < -0.3 is 30.0 Å². The molecule has 3 fully saturated rings. The lowest BCUT2D eigenvalue weighted by molar-refractivity contribution is -0.114. The lowest BCUT2D eigenvalue weighted by Crippen LogP contribution is -2.25. The van der Waals surface area contributed by atoms with Crippen molar-refractivity contribution in [1.29, 1.82) is 0 Å². The fourth-order valence-corrected chi connectivity index (χ4v) is 6.17. The van der Waals surface area contributed by atoms with Crippen LogP contribution in [-0.4, -0.2) is 84.7 Å². The molecule has 0 spiro atoms. The molecule has 3 N–H and O–H groups in total. The molecule has 4 unspecified atom stereocenters. The fourth-order valence-electron chi connectivity index (χ4n) is 5.99. The Morgan fingerprint density at radius 2 is 2.05 bits per heavy atom. The molecule has 1 amide bonds. The molecule has 234 valence electrons. The van der Waals surface area contributed by atoms with E-state index in [-0.39, 0.29) is 42.5 Å². The Bertz CT molecular complexity index is 1550. The Labute approximate surface area is 258 Å². The van der Waals surface area contributed by atoms with Crippen molar-refractivity contribution >= 4 is 45.6 Å². The number of rotatable bonds is 12. The molecule has 0 radical (unpaired) electrons. The lowest BCUT2D eigenvalue weighted by Gasteiger charge is -2.16. The average molecular weight is 630 g/mol. The largest absolute Gasteiger partial charge is 0.491 e. The van der Waals surface area contributed by atoms with Crippen molar-refractivity contribution in [3.8, 4) is 5.75 Å². The number of hydrogen-bond acceptors (Lipinski definition) is 9. The number of likely N-dealkylation sites (tertiary alicyclic amines) is 1. The third kappa shape index (κ3) is 6.79. The predicted octanol–water partition coefficient (Wildman–Crippen LogP) is 4.56. The molecule has 4 atom stereocenters. The number of fused-ring (bicyclic) bond motifs is 2. The Balaban J connectivity index is 1.21. The molecular weight excluding hydrogens is 596 g/mol. The SMILES string of the molecule is CC1CN(CC=C(F)C(=O)Nc2cc3c(Nc4ccc(F)c(Cl)c4)ncnc3cc2OCC2C3COCC32)CC1OCCO. The van der Waals surface area contributed by atoms with E-state index in [1.165, 1.54) is 30.6 Å². The maximum absolute atomic E-state index is 15.1. The molecule has 3 aromatic rings. The quantitative estimate of drug-likeness (QED) is 0.248. The minimum atomic E-state index is -0.930. The Kier molecular flexibility index (Phi) is 9.24. The van der Waals surface area contributed by atoms with Crippen LogP contribution >= 0.6 is 11.6 Å². The van der Waals surface area contributed by atoms with E-state index in [0.29, 0.717) is 65.6 Å². The number of aliphatic hydroxyl groups is 1. The van der Waals surface area contributed by atoms with Crippen molar-refractivity contribution in [2.24, 2.45) is 23.7 Å². The summed E-state index contributed by atoms with van der Waals surface area (Å²) in [7, 11) is 0. The van der Waals surface area contributed by atoms with Crippen LogP contribution < -0.4 is 15.4 Å². The van der Waals surface area contributed by atoms with E-state index in [1.54, 1.807) is 12.1 Å². The van der Waals surface area contributed by atoms with Crippen molar-refractivity contribution < 1.29 is 32.9 Å². The highest BCUT2D eigenvalue weighted by atomic mass is 35.5. The maximum Gasteiger partial charge on any atom is 0.284 e. The highest BCUT2D eigenvalue weighted by molar-refractivity contribution is 6.31. The van der Waals surface area contributed by atoms with E-state index in [9.17, 15) is 9.18 Å². The van der Waals surface area contributed by atoms with Gasteiger partial charge in [-0.05, 0) is 48.1 Å². The van der Waals surface area contributed by atoms with Gasteiger partial charge in [-0.2, -0.15) is 0 Å². The third-order valence-electron chi connectivity index (χ3n) is 8.52. The van der Waals surface area contributed by atoms with Crippen molar-refractivity contribution in [2.75, 3.05) is 63.3 Å². The van der Waals surface area contributed by atoms with Gasteiger partial charge in [0.25, 0.3) is 5.91 Å². The first-order valence-corrected chi connectivity index (χ1v) is 15.0. The van der Waals surface area contributed by atoms with Gasteiger partial charge in [0.1, 0.15) is 23.7 Å². The number of aliphatic hydroxyl groups excluding tert-OH is 1. The van der Waals surface area contributed by atoms with Gasteiger partial charge in [-0.15, -0.1) is 0 Å². The first-order valence-electron chi connectivity index (χ1n) is 14.6. The van der Waals surface area contributed by atoms with Crippen LogP contribution in [0, 0.1) is 29.5 Å².